The molecular weight excluding hydrogens is 364 g/mol. The molecule has 152 valence electrons. The maximum Gasteiger partial charge on any atom is 0.278 e. The van der Waals surface area contributed by atoms with Crippen LogP contribution in [-0.2, 0) is 9.59 Å². The molecule has 0 aliphatic carbocycles. The van der Waals surface area contributed by atoms with Crippen molar-refractivity contribution >= 4 is 23.1 Å². The number of nitrogens with one attached hydrogen (secondary N) is 1. The van der Waals surface area contributed by atoms with Crippen LogP contribution in [0.25, 0.3) is 5.57 Å². The van der Waals surface area contributed by atoms with Crippen LogP contribution < -0.4 is 10.1 Å². The minimum Gasteiger partial charge on any atom is -0.494 e. The summed E-state index contributed by atoms with van der Waals surface area (Å²) in [6, 6.07) is 13.0. The molecule has 3 rings (SSSR count). The van der Waals surface area contributed by atoms with Crippen molar-refractivity contribution in [3.05, 3.63) is 64.9 Å². The fourth-order valence-electron chi connectivity index (χ4n) is 3.30. The van der Waals surface area contributed by atoms with Gasteiger partial charge in [-0.25, -0.2) is 0 Å². The molecule has 5 heteroatoms. The number of hydrogen-bond donors (Lipinski definition) is 1. The van der Waals surface area contributed by atoms with Gasteiger partial charge >= 0.3 is 0 Å². The molecule has 0 bridgehead atoms. The topological polar surface area (TPSA) is 58.6 Å². The van der Waals surface area contributed by atoms with Gasteiger partial charge in [0.1, 0.15) is 11.4 Å². The SMILES string of the molecule is CCCOc1ccc(C2=C(Nc3ccc(C)c(C)c3)C(=O)N(C(C)C)C2=O)cc1. The summed E-state index contributed by atoms with van der Waals surface area (Å²) >= 11 is 0. The third-order valence-corrected chi connectivity index (χ3v) is 5.02. The molecule has 2 amide bonds. The molecule has 0 spiro atoms. The van der Waals surface area contributed by atoms with Crippen LogP contribution in [0, 0.1) is 13.8 Å². The number of aryl methyl sites for hydroxylation is 2. The summed E-state index contributed by atoms with van der Waals surface area (Å²) in [6.07, 6.45) is 0.924. The van der Waals surface area contributed by atoms with Crippen LogP contribution in [0.5, 0.6) is 5.75 Å². The van der Waals surface area contributed by atoms with Gasteiger partial charge in [-0.15, -0.1) is 0 Å². The fraction of sp³-hybridized carbons (Fsp3) is 0.333. The van der Waals surface area contributed by atoms with Gasteiger partial charge in [-0.3, -0.25) is 14.5 Å². The van der Waals surface area contributed by atoms with Gasteiger partial charge in [-0.2, -0.15) is 0 Å². The molecule has 1 N–H and O–H groups in total. The van der Waals surface area contributed by atoms with Gasteiger partial charge in [0, 0.05) is 11.7 Å². The lowest BCUT2D eigenvalue weighted by molar-refractivity contribution is -0.138. The van der Waals surface area contributed by atoms with E-state index in [0.29, 0.717) is 23.4 Å². The quantitative estimate of drug-likeness (QED) is 0.695. The Labute approximate surface area is 172 Å². The second kappa shape index (κ2) is 8.52. The molecule has 0 aromatic heterocycles. The van der Waals surface area contributed by atoms with E-state index in [2.05, 4.69) is 5.32 Å². The number of benzene rings is 2. The summed E-state index contributed by atoms with van der Waals surface area (Å²) in [5.41, 5.74) is 4.48. The average molecular weight is 392 g/mol. The molecule has 0 unspecified atom stereocenters. The van der Waals surface area contributed by atoms with Crippen molar-refractivity contribution in [3.8, 4) is 5.75 Å². The van der Waals surface area contributed by atoms with Crippen LogP contribution in [0.3, 0.4) is 0 Å². The highest BCUT2D eigenvalue weighted by Gasteiger charge is 2.40. The zero-order chi connectivity index (χ0) is 21.1. The van der Waals surface area contributed by atoms with E-state index in [1.165, 1.54) is 10.5 Å². The average Bonchev–Trinajstić information content (AvgIpc) is 2.93. The van der Waals surface area contributed by atoms with Crippen molar-refractivity contribution in [2.45, 2.75) is 47.1 Å². The van der Waals surface area contributed by atoms with Gasteiger partial charge < -0.3 is 10.1 Å². The Kier molecular flexibility index (Phi) is 6.06. The third kappa shape index (κ3) is 4.19. The van der Waals surface area contributed by atoms with Crippen LogP contribution in [0.4, 0.5) is 5.69 Å². The Morgan fingerprint density at radius 2 is 1.66 bits per heavy atom. The van der Waals surface area contributed by atoms with Gasteiger partial charge in [0.25, 0.3) is 11.8 Å². The van der Waals surface area contributed by atoms with Crippen LogP contribution in [0.15, 0.2) is 48.2 Å². The number of ether oxygens (including phenoxy) is 1. The van der Waals surface area contributed by atoms with Gasteiger partial charge in [-0.1, -0.05) is 25.1 Å². The van der Waals surface area contributed by atoms with E-state index in [9.17, 15) is 9.59 Å². The first-order valence-electron chi connectivity index (χ1n) is 10.0. The van der Waals surface area contributed by atoms with E-state index in [-0.39, 0.29) is 17.9 Å². The summed E-state index contributed by atoms with van der Waals surface area (Å²) < 4.78 is 5.63. The number of carbonyl (C=O) groups is 2. The lowest BCUT2D eigenvalue weighted by Gasteiger charge is -2.19. The third-order valence-electron chi connectivity index (χ3n) is 5.02. The van der Waals surface area contributed by atoms with E-state index in [4.69, 9.17) is 4.74 Å². The molecule has 0 radical (unpaired) electrons. The van der Waals surface area contributed by atoms with E-state index in [0.717, 1.165) is 23.4 Å². The number of carbonyl (C=O) groups excluding carboxylic acids is 2. The van der Waals surface area contributed by atoms with Crippen LogP contribution in [0.1, 0.15) is 43.9 Å². The molecule has 0 atom stereocenters. The second-order valence-electron chi connectivity index (χ2n) is 7.62. The molecule has 0 saturated heterocycles. The van der Waals surface area contributed by atoms with Gasteiger partial charge in [0.2, 0.25) is 0 Å². The number of nitrogens with zero attached hydrogens (tertiary/aromatic N) is 1. The lowest BCUT2D eigenvalue weighted by Crippen LogP contribution is -2.38. The minimum atomic E-state index is -0.301. The smallest absolute Gasteiger partial charge is 0.278 e. The molecule has 1 aliphatic heterocycles. The molecule has 1 aliphatic rings. The summed E-state index contributed by atoms with van der Waals surface area (Å²) in [5.74, 6) is 0.167. The van der Waals surface area contributed by atoms with E-state index in [1.54, 1.807) is 0 Å². The van der Waals surface area contributed by atoms with Crippen molar-refractivity contribution < 1.29 is 14.3 Å². The van der Waals surface area contributed by atoms with Crippen molar-refractivity contribution in [2.24, 2.45) is 0 Å². The Balaban J connectivity index is 2.02. The van der Waals surface area contributed by atoms with Crippen LogP contribution in [0.2, 0.25) is 0 Å². The van der Waals surface area contributed by atoms with E-state index >= 15 is 0 Å². The molecule has 1 heterocycles. The van der Waals surface area contributed by atoms with Crippen LogP contribution in [-0.4, -0.2) is 29.4 Å². The van der Waals surface area contributed by atoms with Crippen molar-refractivity contribution in [2.75, 3.05) is 11.9 Å². The molecule has 0 fully saturated rings. The summed E-state index contributed by atoms with van der Waals surface area (Å²) in [4.78, 5) is 27.5. The first kappa shape index (κ1) is 20.6. The van der Waals surface area contributed by atoms with Crippen molar-refractivity contribution in [3.63, 3.8) is 0 Å². The highest BCUT2D eigenvalue weighted by molar-refractivity contribution is 6.36. The molecular formula is C24H28N2O3. The van der Waals surface area contributed by atoms with Crippen molar-refractivity contribution in [1.82, 2.24) is 4.90 Å². The zero-order valence-electron chi connectivity index (χ0n) is 17.7. The van der Waals surface area contributed by atoms with Crippen molar-refractivity contribution in [1.29, 1.82) is 0 Å². The van der Waals surface area contributed by atoms with E-state index < -0.39 is 0 Å². The lowest BCUT2D eigenvalue weighted by atomic mass is 10.0. The van der Waals surface area contributed by atoms with Gasteiger partial charge in [0.15, 0.2) is 0 Å². The Hall–Kier alpha value is -3.08. The first-order chi connectivity index (χ1) is 13.8. The zero-order valence-corrected chi connectivity index (χ0v) is 17.7. The van der Waals surface area contributed by atoms with Gasteiger partial charge in [0.05, 0.1) is 12.2 Å². The fourth-order valence-corrected chi connectivity index (χ4v) is 3.30. The summed E-state index contributed by atoms with van der Waals surface area (Å²) in [5, 5.41) is 3.21. The molecule has 2 aromatic carbocycles. The molecule has 0 saturated carbocycles. The Morgan fingerprint density at radius 3 is 2.24 bits per heavy atom. The largest absolute Gasteiger partial charge is 0.494 e. The maximum absolute atomic E-state index is 13.1. The van der Waals surface area contributed by atoms with Gasteiger partial charge in [-0.05, 0) is 75.1 Å². The number of imide groups is 1. The number of hydrogen-bond acceptors (Lipinski definition) is 4. The minimum absolute atomic E-state index is 0.226. The second-order valence-corrected chi connectivity index (χ2v) is 7.62. The summed E-state index contributed by atoms with van der Waals surface area (Å²) in [6.45, 7) is 10.4. The Morgan fingerprint density at radius 1 is 0.966 bits per heavy atom. The predicted molar refractivity (Wildman–Crippen MR) is 116 cm³/mol. The standard InChI is InChI=1S/C24H28N2O3/c1-6-13-29-20-11-8-18(9-12-20)21-22(24(28)26(15(2)3)23(21)27)25-19-10-7-16(4)17(5)14-19/h7-12,14-15,25H,6,13H2,1-5H3. The number of rotatable bonds is 7. The normalized spacial score (nSPS) is 14.2. The van der Waals surface area contributed by atoms with Crippen LogP contribution >= 0.6 is 0 Å². The molecule has 29 heavy (non-hydrogen) atoms. The molecule has 5 nitrogen and oxygen atoms in total. The first-order valence-corrected chi connectivity index (χ1v) is 10.0. The monoisotopic (exact) mass is 392 g/mol. The maximum atomic E-state index is 13.1. The highest BCUT2D eigenvalue weighted by Crippen LogP contribution is 2.32. The molecule has 2 aromatic rings. The van der Waals surface area contributed by atoms with E-state index in [1.807, 2.05) is 77.1 Å². The Bertz CT molecular complexity index is 959. The highest BCUT2D eigenvalue weighted by atomic mass is 16.5. The summed E-state index contributed by atoms with van der Waals surface area (Å²) in [7, 11) is 0. The number of anilines is 1. The number of amides is 2. The predicted octanol–water partition coefficient (Wildman–Crippen LogP) is 4.69.